The van der Waals surface area contributed by atoms with E-state index in [9.17, 15) is 34.0 Å². The SMILES string of the molecule is CC1=C(C)C(=O)C(C(C)(C)CC(=O)N(C)CCN(CCOCCOCCC(=O)NCCCCC(N)C(=O)O)C(=O)Oc2ccc3nc(C#N)sc3c2)=C(C)C1=O. The van der Waals surface area contributed by atoms with Gasteiger partial charge in [0.15, 0.2) is 16.6 Å². The molecule has 304 valence electrons. The number of nitrogens with one attached hydrogen (secondary N) is 1. The summed E-state index contributed by atoms with van der Waals surface area (Å²) in [5.74, 6) is -1.71. The number of carbonyl (C=O) groups excluding carboxylic acids is 5. The molecule has 0 saturated heterocycles. The Labute approximate surface area is 330 Å². The Bertz CT molecular complexity index is 1900. The number of carboxylic acids is 1. The number of nitrogens with zero attached hydrogens (tertiary/aromatic N) is 4. The Morgan fingerprint density at radius 2 is 1.66 bits per heavy atom. The lowest BCUT2D eigenvalue weighted by Crippen LogP contribution is -2.43. The van der Waals surface area contributed by atoms with Crippen LogP contribution in [0.15, 0.2) is 40.5 Å². The van der Waals surface area contributed by atoms with Crippen LogP contribution in [0, 0.1) is 16.7 Å². The van der Waals surface area contributed by atoms with Gasteiger partial charge in [0.2, 0.25) is 11.8 Å². The molecule has 3 amide bonds. The summed E-state index contributed by atoms with van der Waals surface area (Å²) in [7, 11) is 1.60. The number of thiazole rings is 1. The molecule has 0 bridgehead atoms. The monoisotopic (exact) mass is 796 g/mol. The number of allylic oxidation sites excluding steroid dienone is 4. The van der Waals surface area contributed by atoms with Crippen molar-refractivity contribution in [3.63, 3.8) is 0 Å². The number of hydrogen-bond acceptors (Lipinski definition) is 13. The number of ketones is 2. The van der Waals surface area contributed by atoms with Crippen molar-refractivity contribution in [1.29, 1.82) is 5.26 Å². The molecule has 1 aliphatic carbocycles. The highest BCUT2D eigenvalue weighted by atomic mass is 32.1. The third kappa shape index (κ3) is 13.0. The van der Waals surface area contributed by atoms with Crippen LogP contribution in [0.25, 0.3) is 10.2 Å². The Morgan fingerprint density at radius 3 is 2.34 bits per heavy atom. The summed E-state index contributed by atoms with van der Waals surface area (Å²) in [6.07, 6.45) is 0.950. The number of carbonyl (C=O) groups is 6. The maximum atomic E-state index is 13.5. The molecule has 0 radical (unpaired) electrons. The molecule has 1 heterocycles. The second kappa shape index (κ2) is 21.3. The van der Waals surface area contributed by atoms with Crippen molar-refractivity contribution in [2.75, 3.05) is 59.7 Å². The number of hydrogen-bond donors (Lipinski definition) is 3. The first-order valence-electron chi connectivity index (χ1n) is 18.4. The number of ether oxygens (including phenoxy) is 3. The zero-order valence-electron chi connectivity index (χ0n) is 32.9. The lowest BCUT2D eigenvalue weighted by Gasteiger charge is -2.33. The number of nitrogens with two attached hydrogens (primary N) is 1. The van der Waals surface area contributed by atoms with E-state index in [2.05, 4.69) is 10.3 Å². The van der Waals surface area contributed by atoms with Gasteiger partial charge in [0.1, 0.15) is 17.9 Å². The lowest BCUT2D eigenvalue weighted by molar-refractivity contribution is -0.138. The summed E-state index contributed by atoms with van der Waals surface area (Å²) in [5, 5.41) is 21.0. The minimum absolute atomic E-state index is 0.0416. The fraction of sp³-hybridized carbons (Fsp3) is 0.538. The first kappa shape index (κ1) is 45.4. The van der Waals surface area contributed by atoms with Gasteiger partial charge >= 0.3 is 12.1 Å². The second-order valence-corrected chi connectivity index (χ2v) is 15.2. The molecule has 17 heteroatoms. The van der Waals surface area contributed by atoms with Gasteiger partial charge in [-0.25, -0.2) is 9.78 Å². The summed E-state index contributed by atoms with van der Waals surface area (Å²) in [6, 6.07) is 5.96. The molecule has 1 aromatic heterocycles. The van der Waals surface area contributed by atoms with Crippen molar-refractivity contribution in [2.24, 2.45) is 11.1 Å². The number of benzene rings is 1. The second-order valence-electron chi connectivity index (χ2n) is 14.2. The average molecular weight is 797 g/mol. The van der Waals surface area contributed by atoms with Gasteiger partial charge in [0.05, 0.1) is 36.6 Å². The van der Waals surface area contributed by atoms with Crippen molar-refractivity contribution in [2.45, 2.75) is 72.8 Å². The Hall–Kier alpha value is -5.02. The topological polar surface area (TPSA) is 232 Å². The van der Waals surface area contributed by atoms with Gasteiger partial charge in [-0.3, -0.25) is 24.0 Å². The smallest absolute Gasteiger partial charge is 0.415 e. The molecular weight excluding hydrogens is 745 g/mol. The van der Waals surface area contributed by atoms with Gasteiger partial charge in [-0.2, -0.15) is 5.26 Å². The first-order chi connectivity index (χ1) is 26.5. The van der Waals surface area contributed by atoms with Crippen molar-refractivity contribution >= 4 is 57.0 Å². The Balaban J connectivity index is 1.52. The zero-order chi connectivity index (χ0) is 41.6. The molecule has 4 N–H and O–H groups in total. The minimum atomic E-state index is -1.05. The number of carboxylic acid groups (broad SMARTS) is 1. The number of fused-ring (bicyclic) bond motifs is 1. The maximum absolute atomic E-state index is 13.5. The molecule has 1 aliphatic rings. The van der Waals surface area contributed by atoms with Gasteiger partial charge in [-0.05, 0) is 52.2 Å². The van der Waals surface area contributed by atoms with Crippen LogP contribution in [0.2, 0.25) is 0 Å². The van der Waals surface area contributed by atoms with Crippen LogP contribution in [0.3, 0.4) is 0 Å². The quantitative estimate of drug-likeness (QED) is 0.114. The predicted octanol–water partition coefficient (Wildman–Crippen LogP) is 3.77. The fourth-order valence-corrected chi connectivity index (χ4v) is 6.76. The standard InChI is InChI=1S/C39H52N6O10S/c1-24-25(2)36(49)34(26(3)35(24)48)39(4,5)22-33(47)44(6)14-15-45(38(52)55-27-10-11-29-30(21-27)56-32(23-40)43-29)16-18-54-20-19-53-17-12-31(46)42-13-8-7-9-28(41)37(50)51/h10-11,21,28H,7-9,12-20,22,41H2,1-6H3,(H,42,46)(H,50,51). The average Bonchev–Trinajstić information content (AvgIpc) is 3.57. The normalized spacial score (nSPS) is 13.8. The predicted molar refractivity (Wildman–Crippen MR) is 208 cm³/mol. The number of nitriles is 1. The van der Waals surface area contributed by atoms with Crippen LogP contribution in [0.4, 0.5) is 4.79 Å². The van der Waals surface area contributed by atoms with E-state index in [1.54, 1.807) is 59.9 Å². The Morgan fingerprint density at radius 1 is 0.982 bits per heavy atom. The van der Waals surface area contributed by atoms with E-state index in [1.807, 2.05) is 6.07 Å². The Kier molecular flexibility index (Phi) is 17.3. The summed E-state index contributed by atoms with van der Waals surface area (Å²) in [6.45, 7) is 9.82. The molecule has 3 rings (SSSR count). The summed E-state index contributed by atoms with van der Waals surface area (Å²) in [5.41, 5.74) is 6.60. The van der Waals surface area contributed by atoms with E-state index in [0.29, 0.717) is 58.3 Å². The zero-order valence-corrected chi connectivity index (χ0v) is 33.7. The first-order valence-corrected chi connectivity index (χ1v) is 19.2. The van der Waals surface area contributed by atoms with Gasteiger partial charge in [-0.1, -0.05) is 13.8 Å². The van der Waals surface area contributed by atoms with Crippen LogP contribution in [0.1, 0.15) is 71.7 Å². The molecule has 56 heavy (non-hydrogen) atoms. The lowest BCUT2D eigenvalue weighted by atomic mass is 9.71. The highest BCUT2D eigenvalue weighted by Crippen LogP contribution is 2.39. The molecule has 2 aromatic rings. The summed E-state index contributed by atoms with van der Waals surface area (Å²) >= 11 is 1.17. The largest absolute Gasteiger partial charge is 0.480 e. The molecular formula is C39H52N6O10S. The number of rotatable bonds is 22. The number of unbranched alkanes of at least 4 members (excludes halogenated alkanes) is 1. The van der Waals surface area contributed by atoms with Gasteiger partial charge in [0.25, 0.3) is 0 Å². The van der Waals surface area contributed by atoms with Crippen molar-refractivity contribution in [3.8, 4) is 11.8 Å². The third-order valence-corrected chi connectivity index (χ3v) is 10.4. The molecule has 0 fully saturated rings. The van der Waals surface area contributed by atoms with Crippen molar-refractivity contribution in [3.05, 3.63) is 45.5 Å². The van der Waals surface area contributed by atoms with E-state index >= 15 is 0 Å². The summed E-state index contributed by atoms with van der Waals surface area (Å²) in [4.78, 5) is 82.8. The number of amides is 3. The van der Waals surface area contributed by atoms with Crippen LogP contribution >= 0.6 is 11.3 Å². The van der Waals surface area contributed by atoms with Gasteiger partial charge < -0.3 is 40.2 Å². The van der Waals surface area contributed by atoms with E-state index in [0.717, 1.165) is 0 Å². The third-order valence-electron chi connectivity index (χ3n) is 9.44. The highest BCUT2D eigenvalue weighted by Gasteiger charge is 2.39. The number of aliphatic carboxylic acids is 1. The van der Waals surface area contributed by atoms with Crippen LogP contribution < -0.4 is 15.8 Å². The van der Waals surface area contributed by atoms with Crippen molar-refractivity contribution < 1.29 is 48.1 Å². The summed E-state index contributed by atoms with van der Waals surface area (Å²) < 4.78 is 17.5. The van der Waals surface area contributed by atoms with E-state index < -0.39 is 23.5 Å². The molecule has 1 unspecified atom stereocenters. The minimum Gasteiger partial charge on any atom is -0.480 e. The van der Waals surface area contributed by atoms with E-state index in [-0.39, 0.29) is 93.0 Å². The van der Waals surface area contributed by atoms with E-state index in [1.165, 1.54) is 21.1 Å². The number of likely N-dealkylation sites (N-methyl/N-ethyl adjacent to an activating group) is 1. The highest BCUT2D eigenvalue weighted by molar-refractivity contribution is 7.19. The molecule has 16 nitrogen and oxygen atoms in total. The molecule has 0 saturated carbocycles. The molecule has 0 spiro atoms. The molecule has 1 aromatic carbocycles. The molecule has 0 aliphatic heterocycles. The van der Waals surface area contributed by atoms with Gasteiger partial charge in [-0.15, -0.1) is 11.3 Å². The van der Waals surface area contributed by atoms with Crippen LogP contribution in [-0.2, 0) is 33.4 Å². The van der Waals surface area contributed by atoms with Gasteiger partial charge in [0, 0.05) is 79.8 Å². The number of Topliss-reactive ketones (excluding diaryl/α,β-unsaturated/α-hetero) is 2. The number of aromatic nitrogens is 1. The maximum Gasteiger partial charge on any atom is 0.415 e. The molecule has 1 atom stereocenters. The van der Waals surface area contributed by atoms with Crippen LogP contribution in [0.5, 0.6) is 5.75 Å². The fourth-order valence-electron chi connectivity index (χ4n) is 5.97. The van der Waals surface area contributed by atoms with Crippen LogP contribution in [-0.4, -0.2) is 121 Å². The van der Waals surface area contributed by atoms with E-state index in [4.69, 9.17) is 25.1 Å². The van der Waals surface area contributed by atoms with Crippen molar-refractivity contribution in [1.82, 2.24) is 20.1 Å².